The Morgan fingerprint density at radius 3 is 2.25 bits per heavy atom. The van der Waals surface area contributed by atoms with Crippen molar-refractivity contribution in [3.8, 4) is 0 Å². The third-order valence-electron chi connectivity index (χ3n) is 3.07. The van der Waals surface area contributed by atoms with Crippen LogP contribution in [0.15, 0.2) is 36.4 Å². The summed E-state index contributed by atoms with van der Waals surface area (Å²) in [6, 6.07) is 8.60. The molecule has 1 unspecified atom stereocenters. The van der Waals surface area contributed by atoms with Gasteiger partial charge in [-0.05, 0) is 48.9 Å². The summed E-state index contributed by atoms with van der Waals surface area (Å²) in [7, 11) is 1.76. The lowest BCUT2D eigenvalue weighted by Crippen LogP contribution is -2.19. The SMILES string of the molecule is CNC(Cc1ccc(F)cc1F)c1cc(Cl)cc(Cl)c1. The van der Waals surface area contributed by atoms with Crippen LogP contribution in [0.5, 0.6) is 0 Å². The molecule has 20 heavy (non-hydrogen) atoms. The fourth-order valence-electron chi connectivity index (χ4n) is 2.07. The van der Waals surface area contributed by atoms with E-state index in [2.05, 4.69) is 5.32 Å². The van der Waals surface area contributed by atoms with Crippen molar-refractivity contribution in [1.82, 2.24) is 5.32 Å². The first-order valence-corrected chi connectivity index (χ1v) is 6.82. The van der Waals surface area contributed by atoms with Gasteiger partial charge in [0.1, 0.15) is 11.6 Å². The lowest BCUT2D eigenvalue weighted by molar-refractivity contribution is 0.541. The van der Waals surface area contributed by atoms with Crippen molar-refractivity contribution in [2.75, 3.05) is 7.05 Å². The molecule has 0 aliphatic carbocycles. The van der Waals surface area contributed by atoms with E-state index in [0.29, 0.717) is 22.0 Å². The number of halogens is 4. The standard InChI is InChI=1S/C15H13Cl2F2N/c1-20-15(10-4-11(16)7-12(17)5-10)6-9-2-3-13(18)8-14(9)19/h2-5,7-8,15,20H,6H2,1H3. The number of benzene rings is 2. The van der Waals surface area contributed by atoms with Crippen molar-refractivity contribution in [3.63, 3.8) is 0 Å². The van der Waals surface area contributed by atoms with Gasteiger partial charge in [-0.15, -0.1) is 0 Å². The maximum Gasteiger partial charge on any atom is 0.129 e. The van der Waals surface area contributed by atoms with Crippen LogP contribution in [0.4, 0.5) is 8.78 Å². The molecule has 2 rings (SSSR count). The van der Waals surface area contributed by atoms with Crippen LogP contribution in [0.25, 0.3) is 0 Å². The number of nitrogens with one attached hydrogen (secondary N) is 1. The smallest absolute Gasteiger partial charge is 0.129 e. The van der Waals surface area contributed by atoms with Crippen LogP contribution in [0.3, 0.4) is 0 Å². The maximum atomic E-state index is 13.7. The number of rotatable bonds is 4. The maximum absolute atomic E-state index is 13.7. The van der Waals surface area contributed by atoms with E-state index < -0.39 is 11.6 Å². The Kier molecular flexibility index (Phi) is 4.97. The van der Waals surface area contributed by atoms with Gasteiger partial charge in [0.25, 0.3) is 0 Å². The molecule has 0 saturated heterocycles. The molecule has 2 aromatic rings. The molecule has 1 N–H and O–H groups in total. The summed E-state index contributed by atoms with van der Waals surface area (Å²) in [6.07, 6.45) is 0.374. The van der Waals surface area contributed by atoms with Gasteiger partial charge in [-0.25, -0.2) is 8.78 Å². The van der Waals surface area contributed by atoms with E-state index in [1.54, 1.807) is 25.2 Å². The van der Waals surface area contributed by atoms with E-state index in [9.17, 15) is 8.78 Å². The van der Waals surface area contributed by atoms with Crippen LogP contribution in [-0.4, -0.2) is 7.05 Å². The summed E-state index contributed by atoms with van der Waals surface area (Å²) < 4.78 is 26.6. The zero-order chi connectivity index (χ0) is 14.7. The molecule has 0 heterocycles. The zero-order valence-electron chi connectivity index (χ0n) is 10.8. The van der Waals surface area contributed by atoms with Crippen LogP contribution < -0.4 is 5.32 Å². The molecule has 0 aliphatic rings. The summed E-state index contributed by atoms with van der Waals surface area (Å²) in [5.41, 5.74) is 1.29. The Labute approximate surface area is 126 Å². The molecule has 0 aromatic heterocycles. The minimum atomic E-state index is -0.585. The van der Waals surface area contributed by atoms with E-state index in [1.165, 1.54) is 12.1 Å². The van der Waals surface area contributed by atoms with Gasteiger partial charge in [-0.3, -0.25) is 0 Å². The second-order valence-corrected chi connectivity index (χ2v) is 5.36. The highest BCUT2D eigenvalue weighted by Gasteiger charge is 2.14. The van der Waals surface area contributed by atoms with Crippen molar-refractivity contribution < 1.29 is 8.78 Å². The Morgan fingerprint density at radius 1 is 1.05 bits per heavy atom. The van der Waals surface area contributed by atoms with Crippen molar-refractivity contribution >= 4 is 23.2 Å². The third-order valence-corrected chi connectivity index (χ3v) is 3.51. The molecule has 1 atom stereocenters. The van der Waals surface area contributed by atoms with E-state index in [0.717, 1.165) is 11.6 Å². The van der Waals surface area contributed by atoms with E-state index in [4.69, 9.17) is 23.2 Å². The fourth-order valence-corrected chi connectivity index (χ4v) is 2.61. The van der Waals surface area contributed by atoms with E-state index in [-0.39, 0.29) is 6.04 Å². The molecular weight excluding hydrogens is 303 g/mol. The fraction of sp³-hybridized carbons (Fsp3) is 0.200. The Balaban J connectivity index is 2.28. The zero-order valence-corrected chi connectivity index (χ0v) is 12.3. The first kappa shape index (κ1) is 15.2. The molecule has 0 saturated carbocycles. The second-order valence-electron chi connectivity index (χ2n) is 4.48. The minimum absolute atomic E-state index is 0.161. The van der Waals surface area contributed by atoms with Crippen molar-refractivity contribution in [3.05, 3.63) is 69.2 Å². The molecule has 0 radical (unpaired) electrons. The molecule has 5 heteroatoms. The number of hydrogen-bond acceptors (Lipinski definition) is 1. The van der Waals surface area contributed by atoms with Gasteiger partial charge < -0.3 is 5.32 Å². The van der Waals surface area contributed by atoms with Gasteiger partial charge in [-0.1, -0.05) is 29.3 Å². The van der Waals surface area contributed by atoms with Gasteiger partial charge >= 0.3 is 0 Å². The first-order chi connectivity index (χ1) is 9.49. The van der Waals surface area contributed by atoms with Crippen LogP contribution in [0, 0.1) is 11.6 Å². The third kappa shape index (κ3) is 3.69. The van der Waals surface area contributed by atoms with Crippen molar-refractivity contribution in [2.45, 2.75) is 12.5 Å². The average molecular weight is 316 g/mol. The lowest BCUT2D eigenvalue weighted by atomic mass is 9.98. The van der Waals surface area contributed by atoms with Gasteiger partial charge in [0.15, 0.2) is 0 Å². The second kappa shape index (κ2) is 6.53. The number of hydrogen-bond donors (Lipinski definition) is 1. The number of likely N-dealkylation sites (N-methyl/N-ethyl adjacent to an activating group) is 1. The van der Waals surface area contributed by atoms with Gasteiger partial charge in [0, 0.05) is 22.2 Å². The van der Waals surface area contributed by atoms with Crippen LogP contribution in [-0.2, 0) is 6.42 Å². The Bertz CT molecular complexity index is 597. The molecule has 0 bridgehead atoms. The molecule has 0 spiro atoms. The lowest BCUT2D eigenvalue weighted by Gasteiger charge is -2.18. The molecule has 0 fully saturated rings. The highest BCUT2D eigenvalue weighted by Crippen LogP contribution is 2.26. The van der Waals surface area contributed by atoms with Gasteiger partial charge in [0.2, 0.25) is 0 Å². The monoisotopic (exact) mass is 315 g/mol. The molecular formula is C15H13Cl2F2N. The normalized spacial score (nSPS) is 12.4. The van der Waals surface area contributed by atoms with Crippen LogP contribution in [0.1, 0.15) is 17.2 Å². The molecule has 0 aliphatic heterocycles. The summed E-state index contributed by atoms with van der Waals surface area (Å²) in [5, 5.41) is 4.13. The quantitative estimate of drug-likeness (QED) is 0.856. The van der Waals surface area contributed by atoms with Gasteiger partial charge in [-0.2, -0.15) is 0 Å². The highest BCUT2D eigenvalue weighted by molar-refractivity contribution is 6.34. The van der Waals surface area contributed by atoms with Crippen molar-refractivity contribution in [2.24, 2.45) is 0 Å². The molecule has 0 amide bonds. The van der Waals surface area contributed by atoms with Crippen molar-refractivity contribution in [1.29, 1.82) is 0 Å². The summed E-state index contributed by atoms with van der Waals surface area (Å²) in [6.45, 7) is 0. The summed E-state index contributed by atoms with van der Waals surface area (Å²) >= 11 is 11.9. The van der Waals surface area contributed by atoms with Crippen LogP contribution in [0.2, 0.25) is 10.0 Å². The topological polar surface area (TPSA) is 12.0 Å². The molecule has 1 nitrogen and oxygen atoms in total. The highest BCUT2D eigenvalue weighted by atomic mass is 35.5. The van der Waals surface area contributed by atoms with Gasteiger partial charge in [0.05, 0.1) is 0 Å². The Hall–Kier alpha value is -1.16. The van der Waals surface area contributed by atoms with E-state index >= 15 is 0 Å². The summed E-state index contributed by atoms with van der Waals surface area (Å²) in [4.78, 5) is 0. The average Bonchev–Trinajstić information content (AvgIpc) is 2.36. The van der Waals surface area contributed by atoms with E-state index in [1.807, 2.05) is 0 Å². The summed E-state index contributed by atoms with van der Waals surface area (Å²) in [5.74, 6) is -1.14. The predicted molar refractivity (Wildman–Crippen MR) is 78.3 cm³/mol. The first-order valence-electron chi connectivity index (χ1n) is 6.07. The minimum Gasteiger partial charge on any atom is -0.313 e. The largest absolute Gasteiger partial charge is 0.313 e. The van der Waals surface area contributed by atoms with Crippen LogP contribution >= 0.6 is 23.2 Å². The Morgan fingerprint density at radius 2 is 1.70 bits per heavy atom. The molecule has 2 aromatic carbocycles. The predicted octanol–water partition coefficient (Wildman–Crippen LogP) is 4.77. The molecule has 106 valence electrons.